The zero-order valence-electron chi connectivity index (χ0n) is 15.9. The molecule has 5 heteroatoms. The fraction of sp³-hybridized carbons (Fsp3) is 0.130. The van der Waals surface area contributed by atoms with Crippen molar-refractivity contribution < 1.29 is 14.3 Å². The molecule has 2 N–H and O–H groups in total. The first-order valence-electron chi connectivity index (χ1n) is 8.99. The Labute approximate surface area is 164 Å². The van der Waals surface area contributed by atoms with E-state index in [1.807, 2.05) is 62.4 Å². The normalized spacial score (nSPS) is 10.2. The van der Waals surface area contributed by atoms with E-state index in [0.29, 0.717) is 11.3 Å². The van der Waals surface area contributed by atoms with Crippen LogP contribution in [0.5, 0.6) is 11.5 Å². The molecule has 0 fully saturated rings. The van der Waals surface area contributed by atoms with Crippen molar-refractivity contribution in [3.8, 4) is 11.5 Å². The number of carbonyl (C=O) groups is 2. The van der Waals surface area contributed by atoms with Gasteiger partial charge in [0.2, 0.25) is 5.91 Å². The summed E-state index contributed by atoms with van der Waals surface area (Å²) >= 11 is 0. The van der Waals surface area contributed by atoms with Gasteiger partial charge in [-0.1, -0.05) is 35.9 Å². The van der Waals surface area contributed by atoms with Crippen LogP contribution in [-0.4, -0.2) is 18.4 Å². The molecule has 0 spiro atoms. The maximum atomic E-state index is 12.3. The van der Waals surface area contributed by atoms with E-state index in [1.54, 1.807) is 24.3 Å². The summed E-state index contributed by atoms with van der Waals surface area (Å²) in [5.74, 6) is 0.768. The van der Waals surface area contributed by atoms with Crippen LogP contribution in [0.15, 0.2) is 72.8 Å². The van der Waals surface area contributed by atoms with Gasteiger partial charge >= 0.3 is 0 Å². The van der Waals surface area contributed by atoms with Crippen LogP contribution in [-0.2, 0) is 4.79 Å². The Morgan fingerprint density at radius 3 is 2.21 bits per heavy atom. The Morgan fingerprint density at radius 2 is 1.54 bits per heavy atom. The number of nitrogens with one attached hydrogen (secondary N) is 2. The zero-order chi connectivity index (χ0) is 19.9. The van der Waals surface area contributed by atoms with Crippen molar-refractivity contribution in [2.24, 2.45) is 0 Å². The monoisotopic (exact) mass is 374 g/mol. The summed E-state index contributed by atoms with van der Waals surface area (Å²) in [6.45, 7) is 3.82. The molecule has 28 heavy (non-hydrogen) atoms. The third-order valence-corrected chi connectivity index (χ3v) is 4.16. The standard InChI is InChI=1S/C23H22N2O3/c1-16-8-13-21(17(2)14-16)25-22(26)15-24-23(27)18-9-11-20(12-10-18)28-19-6-4-3-5-7-19/h3-14H,15H2,1-2H3,(H,24,27)(H,25,26). The summed E-state index contributed by atoms with van der Waals surface area (Å²) in [5.41, 5.74) is 3.31. The molecule has 0 heterocycles. The minimum atomic E-state index is -0.318. The third-order valence-electron chi connectivity index (χ3n) is 4.16. The van der Waals surface area contributed by atoms with Crippen LogP contribution in [0.2, 0.25) is 0 Å². The summed E-state index contributed by atoms with van der Waals surface area (Å²) in [5, 5.41) is 5.43. The molecule has 0 saturated carbocycles. The number of amides is 2. The SMILES string of the molecule is Cc1ccc(NC(=O)CNC(=O)c2ccc(Oc3ccccc3)cc2)c(C)c1. The highest BCUT2D eigenvalue weighted by molar-refractivity contribution is 5.99. The van der Waals surface area contributed by atoms with Crippen LogP contribution < -0.4 is 15.4 Å². The van der Waals surface area contributed by atoms with E-state index in [0.717, 1.165) is 22.6 Å². The second kappa shape index (κ2) is 8.86. The van der Waals surface area contributed by atoms with Gasteiger partial charge in [-0.3, -0.25) is 9.59 Å². The Bertz CT molecular complexity index is 967. The Balaban J connectivity index is 1.52. The van der Waals surface area contributed by atoms with Crippen molar-refractivity contribution >= 4 is 17.5 Å². The highest BCUT2D eigenvalue weighted by atomic mass is 16.5. The number of carbonyl (C=O) groups excluding carboxylic acids is 2. The maximum Gasteiger partial charge on any atom is 0.251 e. The molecular weight excluding hydrogens is 352 g/mol. The van der Waals surface area contributed by atoms with Crippen molar-refractivity contribution in [3.05, 3.63) is 89.5 Å². The molecule has 2 amide bonds. The molecule has 3 aromatic rings. The van der Waals surface area contributed by atoms with Gasteiger partial charge in [-0.15, -0.1) is 0 Å². The van der Waals surface area contributed by atoms with Gasteiger partial charge in [-0.25, -0.2) is 0 Å². The van der Waals surface area contributed by atoms with E-state index in [1.165, 1.54) is 0 Å². The van der Waals surface area contributed by atoms with Gasteiger partial charge in [-0.05, 0) is 61.9 Å². The zero-order valence-corrected chi connectivity index (χ0v) is 15.9. The molecule has 0 saturated heterocycles. The van der Waals surface area contributed by atoms with Crippen LogP contribution >= 0.6 is 0 Å². The molecule has 3 rings (SSSR count). The smallest absolute Gasteiger partial charge is 0.251 e. The van der Waals surface area contributed by atoms with Gasteiger partial charge in [0, 0.05) is 11.3 Å². The quantitative estimate of drug-likeness (QED) is 0.669. The van der Waals surface area contributed by atoms with Crippen molar-refractivity contribution in [2.45, 2.75) is 13.8 Å². The number of hydrogen-bond donors (Lipinski definition) is 2. The molecule has 0 unspecified atom stereocenters. The molecule has 5 nitrogen and oxygen atoms in total. The van der Waals surface area contributed by atoms with E-state index in [-0.39, 0.29) is 18.4 Å². The average Bonchev–Trinajstić information content (AvgIpc) is 2.70. The van der Waals surface area contributed by atoms with E-state index >= 15 is 0 Å². The van der Waals surface area contributed by atoms with Crippen LogP contribution in [0.1, 0.15) is 21.5 Å². The predicted octanol–water partition coefficient (Wildman–Crippen LogP) is 4.46. The van der Waals surface area contributed by atoms with Gasteiger partial charge in [0.05, 0.1) is 6.54 Å². The van der Waals surface area contributed by atoms with E-state index in [9.17, 15) is 9.59 Å². The predicted molar refractivity (Wildman–Crippen MR) is 110 cm³/mol. The summed E-state index contributed by atoms with van der Waals surface area (Å²) in [7, 11) is 0. The summed E-state index contributed by atoms with van der Waals surface area (Å²) in [6.07, 6.45) is 0. The first-order valence-corrected chi connectivity index (χ1v) is 8.99. The number of rotatable bonds is 6. The molecule has 0 aliphatic carbocycles. The van der Waals surface area contributed by atoms with Gasteiger partial charge in [0.1, 0.15) is 11.5 Å². The molecule has 3 aromatic carbocycles. The number of hydrogen-bond acceptors (Lipinski definition) is 3. The molecule has 0 aromatic heterocycles. The van der Waals surface area contributed by atoms with Crippen molar-refractivity contribution in [3.63, 3.8) is 0 Å². The molecule has 0 aliphatic rings. The van der Waals surface area contributed by atoms with E-state index in [2.05, 4.69) is 10.6 Å². The van der Waals surface area contributed by atoms with Crippen LogP contribution in [0, 0.1) is 13.8 Å². The second-order valence-corrected chi connectivity index (χ2v) is 6.49. The Hall–Kier alpha value is -3.60. The summed E-state index contributed by atoms with van der Waals surface area (Å²) in [6, 6.07) is 21.9. The number of benzene rings is 3. The minimum absolute atomic E-state index is 0.103. The maximum absolute atomic E-state index is 12.3. The molecular formula is C23H22N2O3. The largest absolute Gasteiger partial charge is 0.457 e. The second-order valence-electron chi connectivity index (χ2n) is 6.49. The fourth-order valence-corrected chi connectivity index (χ4v) is 2.71. The highest BCUT2D eigenvalue weighted by Crippen LogP contribution is 2.21. The molecule has 142 valence electrons. The lowest BCUT2D eigenvalue weighted by Gasteiger charge is -2.10. The van der Waals surface area contributed by atoms with Crippen LogP contribution in [0.3, 0.4) is 0 Å². The van der Waals surface area contributed by atoms with Gasteiger partial charge in [-0.2, -0.15) is 0 Å². The number of anilines is 1. The average molecular weight is 374 g/mol. The highest BCUT2D eigenvalue weighted by Gasteiger charge is 2.10. The summed E-state index contributed by atoms with van der Waals surface area (Å²) < 4.78 is 5.70. The molecule has 0 aliphatic heterocycles. The van der Waals surface area contributed by atoms with Crippen molar-refractivity contribution in [2.75, 3.05) is 11.9 Å². The first kappa shape index (κ1) is 19.2. The molecule has 0 atom stereocenters. The van der Waals surface area contributed by atoms with Crippen LogP contribution in [0.25, 0.3) is 0 Å². The molecule has 0 bridgehead atoms. The van der Waals surface area contributed by atoms with Gasteiger partial charge in [0.15, 0.2) is 0 Å². The Kier molecular flexibility index (Phi) is 6.07. The van der Waals surface area contributed by atoms with Gasteiger partial charge in [0.25, 0.3) is 5.91 Å². The minimum Gasteiger partial charge on any atom is -0.457 e. The lowest BCUT2D eigenvalue weighted by molar-refractivity contribution is -0.115. The lowest BCUT2D eigenvalue weighted by atomic mass is 10.1. The lowest BCUT2D eigenvalue weighted by Crippen LogP contribution is -2.32. The van der Waals surface area contributed by atoms with Crippen LogP contribution in [0.4, 0.5) is 5.69 Å². The molecule has 0 radical (unpaired) electrons. The van der Waals surface area contributed by atoms with Crippen molar-refractivity contribution in [1.82, 2.24) is 5.32 Å². The number of para-hydroxylation sites is 1. The van der Waals surface area contributed by atoms with Gasteiger partial charge < -0.3 is 15.4 Å². The van der Waals surface area contributed by atoms with E-state index in [4.69, 9.17) is 4.74 Å². The van der Waals surface area contributed by atoms with Crippen molar-refractivity contribution in [1.29, 1.82) is 0 Å². The Morgan fingerprint density at radius 1 is 0.857 bits per heavy atom. The van der Waals surface area contributed by atoms with E-state index < -0.39 is 0 Å². The third kappa shape index (κ3) is 5.20. The number of aryl methyl sites for hydroxylation is 2. The topological polar surface area (TPSA) is 67.4 Å². The fourth-order valence-electron chi connectivity index (χ4n) is 2.71. The number of ether oxygens (including phenoxy) is 1. The summed E-state index contributed by atoms with van der Waals surface area (Å²) in [4.78, 5) is 24.3. The first-order chi connectivity index (χ1) is 13.5.